The zero-order valence-electron chi connectivity index (χ0n) is 14.2. The van der Waals surface area contributed by atoms with Crippen LogP contribution < -0.4 is 5.01 Å². The summed E-state index contributed by atoms with van der Waals surface area (Å²) in [5, 5.41) is 10.9. The predicted molar refractivity (Wildman–Crippen MR) is 95.1 cm³/mol. The topological polar surface area (TPSA) is 68.6 Å². The third kappa shape index (κ3) is 3.46. The van der Waals surface area contributed by atoms with Crippen molar-refractivity contribution < 1.29 is 9.59 Å². The van der Waals surface area contributed by atoms with Gasteiger partial charge in [-0.2, -0.15) is 5.01 Å². The lowest BCUT2D eigenvalue weighted by atomic mass is 9.94. The first-order valence-corrected chi connectivity index (χ1v) is 9.05. The minimum Gasteiger partial charge on any atom is -0.320 e. The second-order valence-corrected chi connectivity index (χ2v) is 6.64. The molecule has 1 saturated carbocycles. The average Bonchev–Trinajstić information content (AvgIpc) is 3.07. The molecule has 3 rings (SSSR count). The van der Waals surface area contributed by atoms with Gasteiger partial charge in [-0.05, 0) is 42.3 Å². The Morgan fingerprint density at radius 2 is 2.00 bits per heavy atom. The van der Waals surface area contributed by atoms with Crippen LogP contribution in [0.4, 0.5) is 10.5 Å². The molecule has 7 nitrogen and oxygen atoms in total. The summed E-state index contributed by atoms with van der Waals surface area (Å²) < 4.78 is 0. The van der Waals surface area contributed by atoms with Crippen LogP contribution in [-0.4, -0.2) is 41.0 Å². The largest absolute Gasteiger partial charge is 0.344 e. The predicted octanol–water partition coefficient (Wildman–Crippen LogP) is 4.04. The number of hydrogen-bond donors (Lipinski definition) is 0. The molecule has 8 heteroatoms. The molecule has 0 radical (unpaired) electrons. The van der Waals surface area contributed by atoms with Crippen molar-refractivity contribution in [3.63, 3.8) is 0 Å². The molecule has 0 saturated heterocycles. The molecule has 1 unspecified atom stereocenters. The second-order valence-electron chi connectivity index (χ2n) is 6.23. The second kappa shape index (κ2) is 7.82. The fourth-order valence-electron chi connectivity index (χ4n) is 3.46. The highest BCUT2D eigenvalue weighted by molar-refractivity contribution is 6.33. The number of amides is 2. The van der Waals surface area contributed by atoms with Crippen LogP contribution in [-0.2, 0) is 4.79 Å². The van der Waals surface area contributed by atoms with Crippen molar-refractivity contribution in [3.8, 4) is 0 Å². The molecule has 2 amide bonds. The van der Waals surface area contributed by atoms with Gasteiger partial charge in [0.25, 0.3) is 0 Å². The number of halogens is 1. The number of benzene rings is 1. The maximum Gasteiger partial charge on any atom is 0.344 e. The molecule has 134 valence electrons. The van der Waals surface area contributed by atoms with Crippen LogP contribution in [0, 0.1) is 0 Å². The average molecular weight is 364 g/mol. The zero-order valence-corrected chi connectivity index (χ0v) is 15.0. The van der Waals surface area contributed by atoms with Gasteiger partial charge in [0, 0.05) is 12.6 Å². The lowest BCUT2D eigenvalue weighted by Gasteiger charge is -2.35. The maximum absolute atomic E-state index is 13.0. The van der Waals surface area contributed by atoms with Crippen LogP contribution >= 0.6 is 11.6 Å². The molecule has 0 spiro atoms. The number of nitrogens with zero attached hydrogens (tertiary/aromatic N) is 5. The summed E-state index contributed by atoms with van der Waals surface area (Å²) in [5.41, 5.74) is 0.543. The van der Waals surface area contributed by atoms with Gasteiger partial charge in [0.05, 0.1) is 10.7 Å². The van der Waals surface area contributed by atoms with E-state index in [9.17, 15) is 9.59 Å². The molecule has 1 atom stereocenters. The number of hydrogen-bond acceptors (Lipinski definition) is 5. The summed E-state index contributed by atoms with van der Waals surface area (Å²) in [6.07, 6.45) is 5.18. The molecule has 25 heavy (non-hydrogen) atoms. The van der Waals surface area contributed by atoms with E-state index in [1.165, 1.54) is 11.4 Å². The van der Waals surface area contributed by atoms with E-state index in [0.29, 0.717) is 23.5 Å². The molecule has 2 aliphatic rings. The van der Waals surface area contributed by atoms with Crippen molar-refractivity contribution in [1.82, 2.24) is 9.91 Å². The van der Waals surface area contributed by atoms with Crippen LogP contribution in [0.2, 0.25) is 5.02 Å². The summed E-state index contributed by atoms with van der Waals surface area (Å²) in [6, 6.07) is 6.94. The molecule has 1 aromatic carbocycles. The van der Waals surface area contributed by atoms with E-state index in [1.54, 1.807) is 29.2 Å². The molecular weight excluding hydrogens is 342 g/mol. The molecule has 1 aliphatic carbocycles. The Hall–Kier alpha value is -2.15. The normalized spacial score (nSPS) is 20.8. The number of anilines is 1. The Morgan fingerprint density at radius 1 is 1.28 bits per heavy atom. The molecular formula is C17H22ClN5O2. The van der Waals surface area contributed by atoms with E-state index >= 15 is 0 Å². The number of carbonyl (C=O) groups is 2. The number of urea groups is 1. The molecule has 1 fully saturated rings. The van der Waals surface area contributed by atoms with Gasteiger partial charge in [0.2, 0.25) is 6.17 Å². The van der Waals surface area contributed by atoms with Gasteiger partial charge in [-0.15, -0.1) is 0 Å². The first-order chi connectivity index (χ1) is 12.2. The van der Waals surface area contributed by atoms with Crippen LogP contribution in [0.15, 0.2) is 34.7 Å². The highest BCUT2D eigenvalue weighted by atomic mass is 35.5. The summed E-state index contributed by atoms with van der Waals surface area (Å²) in [4.78, 5) is 26.5. The van der Waals surface area contributed by atoms with Crippen LogP contribution in [0.3, 0.4) is 0 Å². The van der Waals surface area contributed by atoms with Crippen molar-refractivity contribution in [2.24, 2.45) is 10.4 Å². The minimum absolute atomic E-state index is 0.197. The quantitative estimate of drug-likeness (QED) is 0.758. The number of aldehydes is 1. The summed E-state index contributed by atoms with van der Waals surface area (Å²) in [5.74, 6) is 0. The fourth-order valence-corrected chi connectivity index (χ4v) is 3.69. The Bertz CT molecular complexity index is 662. The molecule has 0 aromatic heterocycles. The Kier molecular flexibility index (Phi) is 5.53. The van der Waals surface area contributed by atoms with Gasteiger partial charge in [0.15, 0.2) is 6.29 Å². The molecule has 0 bridgehead atoms. The van der Waals surface area contributed by atoms with Crippen LogP contribution in [0.1, 0.15) is 39.0 Å². The monoisotopic (exact) mass is 363 g/mol. The van der Waals surface area contributed by atoms with Crippen molar-refractivity contribution in [1.29, 1.82) is 0 Å². The van der Waals surface area contributed by atoms with Crippen molar-refractivity contribution >= 4 is 29.6 Å². The maximum atomic E-state index is 13.0. The molecule has 1 heterocycles. The van der Waals surface area contributed by atoms with Gasteiger partial charge >= 0.3 is 6.03 Å². The summed E-state index contributed by atoms with van der Waals surface area (Å²) >= 11 is 6.19. The number of carbonyl (C=O) groups excluding carboxylic acids is 2. The van der Waals surface area contributed by atoms with Gasteiger partial charge < -0.3 is 4.90 Å². The highest BCUT2D eigenvalue weighted by Crippen LogP contribution is 2.32. The van der Waals surface area contributed by atoms with E-state index in [2.05, 4.69) is 10.4 Å². The van der Waals surface area contributed by atoms with E-state index < -0.39 is 6.17 Å². The van der Waals surface area contributed by atoms with E-state index in [-0.39, 0.29) is 12.1 Å². The number of rotatable bonds is 4. The van der Waals surface area contributed by atoms with Crippen molar-refractivity contribution in [2.75, 3.05) is 11.6 Å². The Labute approximate surface area is 152 Å². The van der Waals surface area contributed by atoms with Gasteiger partial charge in [-0.25, -0.2) is 9.80 Å². The van der Waals surface area contributed by atoms with E-state index in [0.717, 1.165) is 30.7 Å². The van der Waals surface area contributed by atoms with Crippen LogP contribution in [0.25, 0.3) is 0 Å². The van der Waals surface area contributed by atoms with Crippen molar-refractivity contribution in [3.05, 3.63) is 29.3 Å². The number of para-hydroxylation sites is 1. The molecule has 0 N–H and O–H groups in total. The third-order valence-corrected chi connectivity index (χ3v) is 5.07. The molecule has 1 aliphatic heterocycles. The van der Waals surface area contributed by atoms with E-state index in [1.807, 2.05) is 6.92 Å². The fraction of sp³-hybridized carbons (Fsp3) is 0.529. The highest BCUT2D eigenvalue weighted by Gasteiger charge is 2.39. The van der Waals surface area contributed by atoms with Gasteiger partial charge in [-0.1, -0.05) is 43.0 Å². The first kappa shape index (κ1) is 17.7. The third-order valence-electron chi connectivity index (χ3n) is 4.75. The Morgan fingerprint density at radius 3 is 2.64 bits per heavy atom. The Balaban J connectivity index is 1.80. The summed E-state index contributed by atoms with van der Waals surface area (Å²) in [6.45, 7) is 2.52. The standard InChI is InChI=1S/C17H22ClN5O2/c1-2-21(13-8-4-3-5-9-13)17(25)23-16(12-24)22(19-20-23)15-11-7-6-10-14(15)18/h6-7,10-13,16H,2-5,8-9H2,1H3. The smallest absolute Gasteiger partial charge is 0.320 e. The van der Waals surface area contributed by atoms with Crippen LogP contribution in [0.5, 0.6) is 0 Å². The van der Waals surface area contributed by atoms with Gasteiger partial charge in [-0.3, -0.25) is 4.79 Å². The summed E-state index contributed by atoms with van der Waals surface area (Å²) in [7, 11) is 0. The first-order valence-electron chi connectivity index (χ1n) is 8.67. The minimum atomic E-state index is -0.926. The lowest BCUT2D eigenvalue weighted by Crippen LogP contribution is -2.52. The van der Waals surface area contributed by atoms with E-state index in [4.69, 9.17) is 11.6 Å². The SMILES string of the molecule is CCN(C(=O)N1N=NN(c2ccccc2Cl)C1C=O)C1CCCCC1. The lowest BCUT2D eigenvalue weighted by molar-refractivity contribution is -0.111. The van der Waals surface area contributed by atoms with Gasteiger partial charge in [0.1, 0.15) is 0 Å². The molecule has 1 aromatic rings. The zero-order chi connectivity index (χ0) is 17.8. The van der Waals surface area contributed by atoms with Crippen molar-refractivity contribution in [2.45, 2.75) is 51.2 Å².